The monoisotopic (exact) mass is 325 g/mol. The summed E-state index contributed by atoms with van der Waals surface area (Å²) in [4.78, 5) is 4.39. The van der Waals surface area contributed by atoms with Crippen LogP contribution in [-0.4, -0.2) is 24.4 Å². The molecular weight excluding hydrogens is 306 g/mol. The number of nitrogens with zero attached hydrogens (tertiary/aromatic N) is 2. The molecule has 0 aliphatic heterocycles. The molecule has 0 saturated carbocycles. The number of hydrogen-bond acceptors (Lipinski definition) is 6. The van der Waals surface area contributed by atoms with E-state index in [9.17, 15) is 0 Å². The number of aryl methyl sites for hydroxylation is 2. The molecule has 0 aliphatic carbocycles. The lowest BCUT2D eigenvalue weighted by Gasteiger charge is -2.09. The maximum atomic E-state index is 5.41. The molecule has 1 N–H and O–H groups in total. The van der Waals surface area contributed by atoms with Crippen molar-refractivity contribution < 1.29 is 14.0 Å². The second-order valence-electron chi connectivity index (χ2n) is 5.47. The predicted molar refractivity (Wildman–Crippen MR) is 92.0 cm³/mol. The third-order valence-electron chi connectivity index (χ3n) is 3.54. The molecule has 1 aromatic heterocycles. The van der Waals surface area contributed by atoms with Gasteiger partial charge in [-0.25, -0.2) is 0 Å². The minimum absolute atomic E-state index is 0.319. The van der Waals surface area contributed by atoms with Gasteiger partial charge in [0, 0.05) is 5.69 Å². The maximum Gasteiger partial charge on any atom is 0.326 e. The second-order valence-corrected chi connectivity index (χ2v) is 5.47. The van der Waals surface area contributed by atoms with E-state index >= 15 is 0 Å². The number of nitrogens with one attached hydrogen (secondary N) is 1. The van der Waals surface area contributed by atoms with Crippen LogP contribution in [0.3, 0.4) is 0 Å². The van der Waals surface area contributed by atoms with E-state index in [1.807, 2.05) is 44.2 Å². The van der Waals surface area contributed by atoms with Gasteiger partial charge in [-0.05, 0) is 49.2 Å². The molecule has 3 rings (SSSR count). The molecule has 1 heterocycles. The molecule has 0 unspecified atom stereocenters. The number of aromatic nitrogens is 2. The summed E-state index contributed by atoms with van der Waals surface area (Å²) in [7, 11) is 3.17. The first kappa shape index (κ1) is 15.9. The molecule has 0 aliphatic rings. The van der Waals surface area contributed by atoms with Crippen molar-refractivity contribution in [2.24, 2.45) is 0 Å². The Morgan fingerprint density at radius 2 is 1.75 bits per heavy atom. The van der Waals surface area contributed by atoms with E-state index in [0.29, 0.717) is 28.9 Å². The normalized spacial score (nSPS) is 10.5. The van der Waals surface area contributed by atoms with E-state index in [2.05, 4.69) is 21.5 Å². The Balaban J connectivity index is 1.91. The molecule has 0 amide bonds. The fourth-order valence-corrected chi connectivity index (χ4v) is 2.62. The van der Waals surface area contributed by atoms with Crippen LogP contribution >= 0.6 is 0 Å². The second kappa shape index (κ2) is 6.62. The van der Waals surface area contributed by atoms with Crippen LogP contribution in [0.15, 0.2) is 40.9 Å². The van der Waals surface area contributed by atoms with Crippen molar-refractivity contribution in [2.45, 2.75) is 13.8 Å². The van der Waals surface area contributed by atoms with Gasteiger partial charge in [-0.15, -0.1) is 0 Å². The van der Waals surface area contributed by atoms with E-state index in [-0.39, 0.29) is 0 Å². The fraction of sp³-hybridized carbons (Fsp3) is 0.222. The SMILES string of the molecule is COc1cccc(-c2noc(Nc3cc(C)cc(C)c3)n2)c1OC. The van der Waals surface area contributed by atoms with Crippen molar-refractivity contribution in [3.8, 4) is 22.9 Å². The molecule has 0 atom stereocenters. The molecule has 0 radical (unpaired) electrons. The Hall–Kier alpha value is -3.02. The molecule has 6 nitrogen and oxygen atoms in total. The van der Waals surface area contributed by atoms with E-state index in [0.717, 1.165) is 16.8 Å². The lowest BCUT2D eigenvalue weighted by atomic mass is 10.1. The summed E-state index contributed by atoms with van der Waals surface area (Å²) in [5.74, 6) is 1.61. The average molecular weight is 325 g/mol. The summed E-state index contributed by atoms with van der Waals surface area (Å²) in [6, 6.07) is 12.0. The third kappa shape index (κ3) is 3.17. The van der Waals surface area contributed by atoms with Gasteiger partial charge in [0.15, 0.2) is 11.5 Å². The van der Waals surface area contributed by atoms with Gasteiger partial charge in [-0.3, -0.25) is 0 Å². The van der Waals surface area contributed by atoms with E-state index in [4.69, 9.17) is 14.0 Å². The highest BCUT2D eigenvalue weighted by Gasteiger charge is 2.16. The van der Waals surface area contributed by atoms with Gasteiger partial charge in [-0.2, -0.15) is 4.98 Å². The van der Waals surface area contributed by atoms with Crippen molar-refractivity contribution in [1.82, 2.24) is 10.1 Å². The van der Waals surface area contributed by atoms with Gasteiger partial charge in [0.1, 0.15) is 0 Å². The van der Waals surface area contributed by atoms with Crippen molar-refractivity contribution in [1.29, 1.82) is 0 Å². The summed E-state index contributed by atoms with van der Waals surface area (Å²) in [6.07, 6.45) is 0. The number of methoxy groups -OCH3 is 2. The maximum absolute atomic E-state index is 5.41. The molecule has 0 spiro atoms. The Morgan fingerprint density at radius 3 is 2.42 bits per heavy atom. The highest BCUT2D eigenvalue weighted by molar-refractivity contribution is 5.69. The quantitative estimate of drug-likeness (QED) is 0.761. The minimum Gasteiger partial charge on any atom is -0.493 e. The molecule has 3 aromatic rings. The first-order valence-electron chi connectivity index (χ1n) is 7.51. The predicted octanol–water partition coefficient (Wildman–Crippen LogP) is 4.11. The number of anilines is 2. The van der Waals surface area contributed by atoms with Crippen LogP contribution in [0.25, 0.3) is 11.4 Å². The number of hydrogen-bond donors (Lipinski definition) is 1. The van der Waals surface area contributed by atoms with Gasteiger partial charge in [0.25, 0.3) is 0 Å². The molecule has 2 aromatic carbocycles. The molecule has 6 heteroatoms. The molecule has 0 saturated heterocycles. The Kier molecular flexibility index (Phi) is 4.37. The summed E-state index contributed by atoms with van der Waals surface area (Å²) in [5, 5.41) is 7.16. The van der Waals surface area contributed by atoms with Crippen LogP contribution < -0.4 is 14.8 Å². The first-order valence-corrected chi connectivity index (χ1v) is 7.51. The number of benzene rings is 2. The van der Waals surface area contributed by atoms with Gasteiger partial charge < -0.3 is 19.3 Å². The highest BCUT2D eigenvalue weighted by atomic mass is 16.5. The van der Waals surface area contributed by atoms with E-state index in [1.165, 1.54) is 0 Å². The summed E-state index contributed by atoms with van der Waals surface area (Å²) in [6.45, 7) is 4.08. The third-order valence-corrected chi connectivity index (χ3v) is 3.54. The summed E-state index contributed by atoms with van der Waals surface area (Å²) < 4.78 is 16.0. The van der Waals surface area contributed by atoms with Gasteiger partial charge in [0.05, 0.1) is 19.8 Å². The van der Waals surface area contributed by atoms with Crippen LogP contribution in [-0.2, 0) is 0 Å². The van der Waals surface area contributed by atoms with Crippen molar-refractivity contribution in [3.63, 3.8) is 0 Å². The zero-order valence-corrected chi connectivity index (χ0v) is 14.1. The van der Waals surface area contributed by atoms with Gasteiger partial charge in [-0.1, -0.05) is 17.3 Å². The molecule has 0 fully saturated rings. The number of ether oxygens (including phenoxy) is 2. The minimum atomic E-state index is 0.319. The average Bonchev–Trinajstić information content (AvgIpc) is 3.01. The highest BCUT2D eigenvalue weighted by Crippen LogP contribution is 2.36. The van der Waals surface area contributed by atoms with Crippen molar-refractivity contribution >= 4 is 11.7 Å². The van der Waals surface area contributed by atoms with Crippen molar-refractivity contribution in [3.05, 3.63) is 47.5 Å². The Labute approximate surface area is 140 Å². The number of para-hydroxylation sites is 1. The van der Waals surface area contributed by atoms with Gasteiger partial charge >= 0.3 is 6.01 Å². The van der Waals surface area contributed by atoms with Crippen LogP contribution in [0.2, 0.25) is 0 Å². The summed E-state index contributed by atoms with van der Waals surface area (Å²) in [5.41, 5.74) is 3.92. The lowest BCUT2D eigenvalue weighted by Crippen LogP contribution is -1.94. The molecule has 24 heavy (non-hydrogen) atoms. The standard InChI is InChI=1S/C18H19N3O3/c1-11-8-12(2)10-13(9-11)19-18-20-17(21-24-18)14-6-5-7-15(22-3)16(14)23-4/h5-10H,1-4H3,(H,19,20,21). The molecule has 124 valence electrons. The van der Waals surface area contributed by atoms with E-state index in [1.54, 1.807) is 14.2 Å². The fourth-order valence-electron chi connectivity index (χ4n) is 2.62. The zero-order chi connectivity index (χ0) is 17.1. The first-order chi connectivity index (χ1) is 11.6. The van der Waals surface area contributed by atoms with E-state index < -0.39 is 0 Å². The largest absolute Gasteiger partial charge is 0.493 e. The number of rotatable bonds is 5. The van der Waals surface area contributed by atoms with Crippen LogP contribution in [0, 0.1) is 13.8 Å². The van der Waals surface area contributed by atoms with Crippen LogP contribution in [0.5, 0.6) is 11.5 Å². The van der Waals surface area contributed by atoms with Crippen molar-refractivity contribution in [2.75, 3.05) is 19.5 Å². The summed E-state index contributed by atoms with van der Waals surface area (Å²) >= 11 is 0. The Morgan fingerprint density at radius 1 is 1.00 bits per heavy atom. The molecule has 0 bridgehead atoms. The van der Waals surface area contributed by atoms with Crippen LogP contribution in [0.1, 0.15) is 11.1 Å². The molecular formula is C18H19N3O3. The topological polar surface area (TPSA) is 69.4 Å². The lowest BCUT2D eigenvalue weighted by molar-refractivity contribution is 0.355. The zero-order valence-electron chi connectivity index (χ0n) is 14.1. The Bertz CT molecular complexity index is 838. The van der Waals surface area contributed by atoms with Crippen LogP contribution in [0.4, 0.5) is 11.7 Å². The van der Waals surface area contributed by atoms with Gasteiger partial charge in [0.2, 0.25) is 5.82 Å². The smallest absolute Gasteiger partial charge is 0.326 e.